The Morgan fingerprint density at radius 3 is 2.60 bits per heavy atom. The smallest absolute Gasteiger partial charge is 0.256 e. The molecule has 1 aliphatic heterocycles. The first-order chi connectivity index (χ1) is 9.60. The van der Waals surface area contributed by atoms with Crippen LogP contribution in [-0.4, -0.2) is 44.9 Å². The summed E-state index contributed by atoms with van der Waals surface area (Å²) in [6, 6.07) is 0. The van der Waals surface area contributed by atoms with Crippen LogP contribution in [0, 0.1) is 0 Å². The first-order valence-corrected chi connectivity index (χ1v) is 7.55. The number of carbonyl (C=O) groups is 2. The second kappa shape index (κ2) is 6.23. The van der Waals surface area contributed by atoms with E-state index in [0.29, 0.717) is 22.5 Å². The number of hydrogen-bond donors (Lipinski definition) is 3. The number of nitrogens with zero attached hydrogens (tertiary/aromatic N) is 1. The van der Waals surface area contributed by atoms with Crippen LogP contribution in [0.25, 0.3) is 0 Å². The van der Waals surface area contributed by atoms with Gasteiger partial charge in [0.25, 0.3) is 5.91 Å². The molecule has 0 atom stereocenters. The number of piperazine rings is 1. The van der Waals surface area contributed by atoms with Crippen molar-refractivity contribution in [3.05, 3.63) is 10.4 Å². The quantitative estimate of drug-likeness (QED) is 0.712. The van der Waals surface area contributed by atoms with E-state index in [0.717, 1.165) is 31.2 Å². The number of carbonyl (C=O) groups excluding carboxylic acids is 2. The number of nitrogen functional groups attached to an aromatic ring is 1. The fourth-order valence-corrected chi connectivity index (χ4v) is 3.51. The van der Waals surface area contributed by atoms with Crippen LogP contribution in [0.2, 0.25) is 0 Å². The highest BCUT2D eigenvalue weighted by molar-refractivity contribution is 7.19. The van der Waals surface area contributed by atoms with Crippen molar-refractivity contribution in [3.63, 3.8) is 0 Å². The summed E-state index contributed by atoms with van der Waals surface area (Å²) in [5.41, 5.74) is 6.81. The number of nitrogens with one attached hydrogen (secondary N) is 2. The number of amides is 1. The molecule has 1 aromatic heterocycles. The molecule has 0 spiro atoms. The number of hydrogen-bond acceptors (Lipinski definition) is 6. The Morgan fingerprint density at radius 1 is 1.40 bits per heavy atom. The molecule has 7 heteroatoms. The molecule has 0 aliphatic carbocycles. The van der Waals surface area contributed by atoms with Gasteiger partial charge in [-0.05, 0) is 0 Å². The van der Waals surface area contributed by atoms with Gasteiger partial charge in [-0.1, -0.05) is 6.92 Å². The first-order valence-electron chi connectivity index (χ1n) is 6.73. The van der Waals surface area contributed by atoms with Gasteiger partial charge in [0.2, 0.25) is 0 Å². The number of anilines is 2. The number of ketones is 1. The second-order valence-electron chi connectivity index (χ2n) is 4.62. The van der Waals surface area contributed by atoms with Gasteiger partial charge >= 0.3 is 0 Å². The molecule has 2 heterocycles. The summed E-state index contributed by atoms with van der Waals surface area (Å²) in [5.74, 6) is -0.249. The van der Waals surface area contributed by atoms with E-state index in [1.807, 2.05) is 0 Å². The fourth-order valence-electron chi connectivity index (χ4n) is 2.23. The summed E-state index contributed by atoms with van der Waals surface area (Å²) in [7, 11) is 1.57. The van der Waals surface area contributed by atoms with Crippen LogP contribution < -0.4 is 21.3 Å². The van der Waals surface area contributed by atoms with Gasteiger partial charge < -0.3 is 21.3 Å². The summed E-state index contributed by atoms with van der Waals surface area (Å²) in [6.45, 7) is 5.14. The van der Waals surface area contributed by atoms with Gasteiger partial charge in [0, 0.05) is 39.6 Å². The maximum absolute atomic E-state index is 12.1. The highest BCUT2D eigenvalue weighted by atomic mass is 32.1. The van der Waals surface area contributed by atoms with Crippen LogP contribution in [0.15, 0.2) is 0 Å². The van der Waals surface area contributed by atoms with Gasteiger partial charge in [0.05, 0.1) is 16.1 Å². The van der Waals surface area contributed by atoms with Crippen LogP contribution >= 0.6 is 11.3 Å². The maximum atomic E-state index is 12.1. The topological polar surface area (TPSA) is 87.5 Å². The number of Topliss-reactive ketones (excluding diaryl/α,β-unsaturated/α-hetero) is 1. The SMILES string of the molecule is CCC(=O)c1sc(N2CCNCC2)c(C(=O)NC)c1N. The van der Waals surface area contributed by atoms with Gasteiger partial charge in [-0.15, -0.1) is 11.3 Å². The van der Waals surface area contributed by atoms with E-state index >= 15 is 0 Å². The zero-order chi connectivity index (χ0) is 14.7. The van der Waals surface area contributed by atoms with Crippen LogP contribution in [0.4, 0.5) is 10.7 Å². The zero-order valence-corrected chi connectivity index (χ0v) is 12.6. The Balaban J connectivity index is 2.47. The monoisotopic (exact) mass is 296 g/mol. The molecule has 0 bridgehead atoms. The van der Waals surface area contributed by atoms with Crippen LogP contribution in [0.1, 0.15) is 33.4 Å². The normalized spacial score (nSPS) is 15.2. The highest BCUT2D eigenvalue weighted by Crippen LogP contribution is 2.39. The van der Waals surface area contributed by atoms with Crippen molar-refractivity contribution in [2.24, 2.45) is 0 Å². The minimum atomic E-state index is -0.234. The summed E-state index contributed by atoms with van der Waals surface area (Å²) in [4.78, 5) is 26.7. The minimum Gasteiger partial charge on any atom is -0.397 e. The van der Waals surface area contributed by atoms with Crippen LogP contribution in [-0.2, 0) is 0 Å². The number of rotatable bonds is 4. The van der Waals surface area contributed by atoms with Gasteiger partial charge in [-0.25, -0.2) is 0 Å². The molecule has 1 saturated heterocycles. The molecule has 2 rings (SSSR count). The molecule has 1 aromatic rings. The van der Waals surface area contributed by atoms with Crippen molar-refractivity contribution in [1.82, 2.24) is 10.6 Å². The fraction of sp³-hybridized carbons (Fsp3) is 0.538. The predicted molar refractivity (Wildman–Crippen MR) is 81.8 cm³/mol. The van der Waals surface area contributed by atoms with Crippen molar-refractivity contribution < 1.29 is 9.59 Å². The van der Waals surface area contributed by atoms with E-state index in [4.69, 9.17) is 5.73 Å². The molecule has 0 aromatic carbocycles. The molecule has 110 valence electrons. The molecule has 0 unspecified atom stereocenters. The highest BCUT2D eigenvalue weighted by Gasteiger charge is 2.27. The third-order valence-corrected chi connectivity index (χ3v) is 4.67. The Bertz CT molecular complexity index is 521. The second-order valence-corrected chi connectivity index (χ2v) is 5.62. The molecule has 0 radical (unpaired) electrons. The van der Waals surface area contributed by atoms with E-state index in [9.17, 15) is 9.59 Å². The average Bonchev–Trinajstić information content (AvgIpc) is 2.84. The van der Waals surface area contributed by atoms with Crippen molar-refractivity contribution in [2.45, 2.75) is 13.3 Å². The van der Waals surface area contributed by atoms with E-state index < -0.39 is 0 Å². The standard InChI is InChI=1S/C13H20N4O2S/c1-3-8(18)11-10(14)9(12(19)15-2)13(20-11)17-6-4-16-5-7-17/h16H,3-7,14H2,1-2H3,(H,15,19). The lowest BCUT2D eigenvalue weighted by Crippen LogP contribution is -2.43. The van der Waals surface area contributed by atoms with Crippen molar-refractivity contribution in [1.29, 1.82) is 0 Å². The summed E-state index contributed by atoms with van der Waals surface area (Å²) in [6.07, 6.45) is 0.388. The Morgan fingerprint density at radius 2 is 2.05 bits per heavy atom. The Labute approximate surface area is 122 Å². The van der Waals surface area contributed by atoms with E-state index in [2.05, 4.69) is 15.5 Å². The molecule has 1 amide bonds. The minimum absolute atomic E-state index is 0.0148. The van der Waals surface area contributed by atoms with Crippen molar-refractivity contribution in [3.8, 4) is 0 Å². The molecule has 6 nitrogen and oxygen atoms in total. The van der Waals surface area contributed by atoms with Crippen LogP contribution in [0.5, 0.6) is 0 Å². The van der Waals surface area contributed by atoms with Crippen molar-refractivity contribution in [2.75, 3.05) is 43.9 Å². The van der Waals surface area contributed by atoms with Crippen molar-refractivity contribution >= 4 is 33.7 Å². The Kier molecular flexibility index (Phi) is 4.61. The van der Waals surface area contributed by atoms with Crippen LogP contribution in [0.3, 0.4) is 0 Å². The lowest BCUT2D eigenvalue weighted by Gasteiger charge is -2.28. The van der Waals surface area contributed by atoms with Gasteiger partial charge in [0.15, 0.2) is 5.78 Å². The summed E-state index contributed by atoms with van der Waals surface area (Å²) < 4.78 is 0. The average molecular weight is 296 g/mol. The van der Waals surface area contributed by atoms with E-state index in [1.165, 1.54) is 11.3 Å². The molecule has 0 saturated carbocycles. The largest absolute Gasteiger partial charge is 0.397 e. The van der Waals surface area contributed by atoms with E-state index in [1.54, 1.807) is 14.0 Å². The number of nitrogens with two attached hydrogens (primary N) is 1. The molecule has 1 aliphatic rings. The van der Waals surface area contributed by atoms with E-state index in [-0.39, 0.29) is 11.7 Å². The Hall–Kier alpha value is -1.60. The molecular formula is C13H20N4O2S. The van der Waals surface area contributed by atoms with Gasteiger partial charge in [0.1, 0.15) is 5.00 Å². The molecule has 4 N–H and O–H groups in total. The summed E-state index contributed by atoms with van der Waals surface area (Å²) >= 11 is 1.33. The molecule has 1 fully saturated rings. The van der Waals surface area contributed by atoms with Gasteiger partial charge in [-0.2, -0.15) is 0 Å². The first kappa shape index (κ1) is 14.8. The third-order valence-electron chi connectivity index (χ3n) is 3.36. The number of thiophene rings is 1. The lowest BCUT2D eigenvalue weighted by atomic mass is 10.1. The lowest BCUT2D eigenvalue weighted by molar-refractivity contribution is 0.0964. The van der Waals surface area contributed by atoms with Gasteiger partial charge in [-0.3, -0.25) is 9.59 Å². The zero-order valence-electron chi connectivity index (χ0n) is 11.8. The predicted octanol–water partition coefficient (Wildman–Crippen LogP) is 0.692. The maximum Gasteiger partial charge on any atom is 0.256 e. The third kappa shape index (κ3) is 2.64. The molecule has 20 heavy (non-hydrogen) atoms. The summed E-state index contributed by atoms with van der Waals surface area (Å²) in [5, 5.41) is 6.68. The molecular weight excluding hydrogens is 276 g/mol.